The van der Waals surface area contributed by atoms with Crippen molar-refractivity contribution >= 4 is 27.9 Å². The molecule has 2 aromatic carbocycles. The summed E-state index contributed by atoms with van der Waals surface area (Å²) in [6, 6.07) is 13.4. The van der Waals surface area contributed by atoms with Crippen molar-refractivity contribution in [3.05, 3.63) is 60.2 Å². The monoisotopic (exact) mass is 662 g/mol. The lowest BCUT2D eigenvalue weighted by Crippen LogP contribution is -2.58. The van der Waals surface area contributed by atoms with Gasteiger partial charge in [-0.1, -0.05) is 44.2 Å². The molecule has 2 aliphatic rings. The van der Waals surface area contributed by atoms with Crippen LogP contribution in [0.4, 0.5) is 15.3 Å². The molecule has 4 rings (SSSR count). The van der Waals surface area contributed by atoms with E-state index < -0.39 is 52.1 Å². The maximum Gasteiger partial charge on any atom is 0.407 e. The summed E-state index contributed by atoms with van der Waals surface area (Å²) >= 11 is 0. The minimum absolute atomic E-state index is 0.0146. The zero-order valence-electron chi connectivity index (χ0n) is 26.6. The van der Waals surface area contributed by atoms with Crippen LogP contribution < -0.4 is 11.1 Å². The first kappa shape index (κ1) is 35.4. The van der Waals surface area contributed by atoms with Crippen molar-refractivity contribution in [3.63, 3.8) is 0 Å². The number of nitrogens with two attached hydrogens (primary N) is 1. The van der Waals surface area contributed by atoms with Gasteiger partial charge < -0.3 is 35.5 Å². The van der Waals surface area contributed by atoms with E-state index in [1.807, 2.05) is 44.2 Å². The average Bonchev–Trinajstić information content (AvgIpc) is 3.62. The molecule has 2 amide bonds. The summed E-state index contributed by atoms with van der Waals surface area (Å²) in [6.45, 7) is 6.01. The molecule has 14 heteroatoms. The van der Waals surface area contributed by atoms with Crippen molar-refractivity contribution in [1.82, 2.24) is 14.5 Å². The Labute approximate surface area is 270 Å². The molecule has 0 aromatic heterocycles. The van der Waals surface area contributed by atoms with Gasteiger partial charge in [0.25, 0.3) is 0 Å². The summed E-state index contributed by atoms with van der Waals surface area (Å²) in [5.41, 5.74) is 6.33. The summed E-state index contributed by atoms with van der Waals surface area (Å²) in [4.78, 5) is 26.0. The van der Waals surface area contributed by atoms with E-state index in [9.17, 15) is 28.2 Å². The molecule has 5 atom stereocenters. The molecule has 13 nitrogen and oxygen atoms in total. The van der Waals surface area contributed by atoms with Crippen molar-refractivity contribution in [3.8, 4) is 0 Å². The minimum atomic E-state index is -4.19. The normalized spacial score (nSPS) is 21.0. The number of benzene rings is 2. The van der Waals surface area contributed by atoms with Crippen molar-refractivity contribution in [2.75, 3.05) is 45.2 Å². The van der Waals surface area contributed by atoms with Crippen LogP contribution in [-0.4, -0.2) is 104 Å². The standard InChI is InChI=1S/C32H46N4O9S/c1-4-43-30(38)34-16-15-32(2,3)21-35(46(41,42)24-12-10-23(33)11-13-24)19-28(37)26(18-22-8-6-5-7-9-22)36(31(39)40)27-20-45-29-25(27)14-17-44-29/h5-13,25-29,37H,4,14-21,33H2,1-3H3,(H,34,38)(H,39,40)/t25-,26-,27-,28+,29+/m0/s1. The molecule has 5 N–H and O–H groups in total. The Morgan fingerprint density at radius 1 is 1.13 bits per heavy atom. The number of ether oxygens (including phenoxy) is 3. The Balaban J connectivity index is 1.66. The van der Waals surface area contributed by atoms with Gasteiger partial charge in [0, 0.05) is 31.2 Å². The third-order valence-corrected chi connectivity index (χ3v) is 10.4. The zero-order chi connectivity index (χ0) is 33.5. The molecular weight excluding hydrogens is 616 g/mol. The lowest BCUT2D eigenvalue weighted by molar-refractivity contribution is -0.0906. The Kier molecular flexibility index (Phi) is 11.9. The van der Waals surface area contributed by atoms with Crippen LogP contribution in [0.1, 0.15) is 39.2 Å². The van der Waals surface area contributed by atoms with E-state index in [-0.39, 0.29) is 50.1 Å². The number of hydrogen-bond acceptors (Lipinski definition) is 9. The Morgan fingerprint density at radius 2 is 1.83 bits per heavy atom. The molecular formula is C32H46N4O9S. The van der Waals surface area contributed by atoms with Gasteiger partial charge in [0.15, 0.2) is 6.29 Å². The summed E-state index contributed by atoms with van der Waals surface area (Å²) in [6.07, 6.45) is -2.59. The first-order valence-electron chi connectivity index (χ1n) is 15.5. The number of nitrogens with zero attached hydrogens (tertiary/aromatic N) is 2. The second-order valence-electron chi connectivity index (χ2n) is 12.5. The summed E-state index contributed by atoms with van der Waals surface area (Å²) < 4.78 is 45.8. The third kappa shape index (κ3) is 8.88. The summed E-state index contributed by atoms with van der Waals surface area (Å²) in [5.74, 6) is -0.206. The Hall–Kier alpha value is -3.43. The topological polar surface area (TPSA) is 181 Å². The van der Waals surface area contributed by atoms with Crippen LogP contribution in [0.2, 0.25) is 0 Å². The van der Waals surface area contributed by atoms with Gasteiger partial charge >= 0.3 is 12.2 Å². The number of aliphatic hydroxyl groups excluding tert-OH is 1. The molecule has 2 aliphatic heterocycles. The number of aliphatic hydroxyl groups is 1. The van der Waals surface area contributed by atoms with Crippen LogP contribution in [-0.2, 0) is 30.7 Å². The van der Waals surface area contributed by atoms with Crippen molar-refractivity contribution < 1.29 is 42.4 Å². The van der Waals surface area contributed by atoms with Crippen LogP contribution >= 0.6 is 0 Å². The van der Waals surface area contributed by atoms with Gasteiger partial charge in [-0.05, 0) is 61.4 Å². The second kappa shape index (κ2) is 15.4. The van der Waals surface area contributed by atoms with Crippen LogP contribution in [0.3, 0.4) is 0 Å². The van der Waals surface area contributed by atoms with E-state index in [1.165, 1.54) is 33.5 Å². The summed E-state index contributed by atoms with van der Waals surface area (Å²) in [7, 11) is -4.19. The second-order valence-corrected chi connectivity index (χ2v) is 14.5. The molecule has 0 saturated carbocycles. The molecule has 2 fully saturated rings. The van der Waals surface area contributed by atoms with E-state index in [0.717, 1.165) is 5.56 Å². The van der Waals surface area contributed by atoms with Crippen molar-refractivity contribution in [2.24, 2.45) is 11.3 Å². The van der Waals surface area contributed by atoms with E-state index in [1.54, 1.807) is 6.92 Å². The lowest BCUT2D eigenvalue weighted by Gasteiger charge is -2.40. The highest BCUT2D eigenvalue weighted by Gasteiger charge is 2.49. The highest BCUT2D eigenvalue weighted by molar-refractivity contribution is 7.89. The van der Waals surface area contributed by atoms with Gasteiger partial charge in [-0.25, -0.2) is 18.0 Å². The van der Waals surface area contributed by atoms with E-state index in [2.05, 4.69) is 5.32 Å². The molecule has 254 valence electrons. The Bertz CT molecular complexity index is 1410. The zero-order valence-corrected chi connectivity index (χ0v) is 27.4. The van der Waals surface area contributed by atoms with Crippen molar-refractivity contribution in [1.29, 1.82) is 0 Å². The van der Waals surface area contributed by atoms with E-state index in [0.29, 0.717) is 25.1 Å². The maximum atomic E-state index is 14.1. The molecule has 46 heavy (non-hydrogen) atoms. The number of sulfonamides is 1. The van der Waals surface area contributed by atoms with Crippen LogP contribution in [0.15, 0.2) is 59.5 Å². The molecule has 2 heterocycles. The number of alkyl carbamates (subject to hydrolysis) is 1. The molecule has 2 saturated heterocycles. The first-order chi connectivity index (χ1) is 21.8. The van der Waals surface area contributed by atoms with Gasteiger partial charge in [0.05, 0.1) is 42.9 Å². The number of nitrogen functional groups attached to an aromatic ring is 1. The van der Waals surface area contributed by atoms with Gasteiger partial charge in [-0.2, -0.15) is 4.31 Å². The summed E-state index contributed by atoms with van der Waals surface area (Å²) in [5, 5.41) is 25.2. The van der Waals surface area contributed by atoms with Crippen LogP contribution in [0.5, 0.6) is 0 Å². The number of hydrogen-bond donors (Lipinski definition) is 4. The molecule has 0 aliphatic carbocycles. The van der Waals surface area contributed by atoms with E-state index >= 15 is 0 Å². The number of anilines is 1. The molecule has 0 spiro atoms. The minimum Gasteiger partial charge on any atom is -0.465 e. The average molecular weight is 663 g/mol. The fourth-order valence-corrected chi connectivity index (χ4v) is 7.79. The number of carbonyl (C=O) groups excluding carboxylic acids is 1. The Morgan fingerprint density at radius 3 is 2.48 bits per heavy atom. The highest BCUT2D eigenvalue weighted by Crippen LogP contribution is 2.36. The number of amides is 2. The highest BCUT2D eigenvalue weighted by atomic mass is 32.2. The third-order valence-electron chi connectivity index (χ3n) is 8.54. The van der Waals surface area contributed by atoms with Gasteiger partial charge in [-0.3, -0.25) is 4.90 Å². The van der Waals surface area contributed by atoms with Crippen LogP contribution in [0.25, 0.3) is 0 Å². The predicted octanol–water partition coefficient (Wildman–Crippen LogP) is 3.14. The van der Waals surface area contributed by atoms with Gasteiger partial charge in [0.1, 0.15) is 0 Å². The fourth-order valence-electron chi connectivity index (χ4n) is 6.14. The van der Waals surface area contributed by atoms with Crippen LogP contribution in [0, 0.1) is 11.3 Å². The van der Waals surface area contributed by atoms with E-state index in [4.69, 9.17) is 19.9 Å². The largest absolute Gasteiger partial charge is 0.465 e. The quantitative estimate of drug-likeness (QED) is 0.207. The SMILES string of the molecule is CCOC(=O)NCCC(C)(C)CN(C[C@@H](O)[C@H](Cc1ccccc1)N(C(=O)O)[C@H]1CO[C@H]2OCC[C@H]21)S(=O)(=O)c1ccc(N)cc1. The number of fused-ring (bicyclic) bond motifs is 1. The van der Waals surface area contributed by atoms with Gasteiger partial charge in [-0.15, -0.1) is 0 Å². The smallest absolute Gasteiger partial charge is 0.407 e. The molecule has 0 radical (unpaired) electrons. The molecule has 0 unspecified atom stereocenters. The molecule has 2 aromatic rings. The predicted molar refractivity (Wildman–Crippen MR) is 170 cm³/mol. The fraction of sp³-hybridized carbons (Fsp3) is 0.562. The molecule has 0 bridgehead atoms. The van der Waals surface area contributed by atoms with Crippen molar-refractivity contribution in [2.45, 2.75) is 69.4 Å². The number of carboxylic acid groups (broad SMARTS) is 1. The number of carbonyl (C=O) groups is 2. The lowest BCUT2D eigenvalue weighted by atomic mass is 9.89. The number of nitrogens with one attached hydrogen (secondary N) is 1. The number of rotatable bonds is 15. The maximum absolute atomic E-state index is 14.1. The van der Waals surface area contributed by atoms with Gasteiger partial charge in [0.2, 0.25) is 10.0 Å². The first-order valence-corrected chi connectivity index (χ1v) is 17.0.